The summed E-state index contributed by atoms with van der Waals surface area (Å²) in [6, 6.07) is 0. The fourth-order valence-corrected chi connectivity index (χ4v) is 3.38. The van der Waals surface area contributed by atoms with Crippen LogP contribution in [0.25, 0.3) is 0 Å². The van der Waals surface area contributed by atoms with E-state index in [1.165, 1.54) is 0 Å². The first-order valence-corrected chi connectivity index (χ1v) is 5.92. The van der Waals surface area contributed by atoms with Crippen LogP contribution in [0, 0.1) is 5.92 Å². The van der Waals surface area contributed by atoms with Crippen molar-refractivity contribution in [3.8, 4) is 0 Å². The molecule has 5 heteroatoms. The summed E-state index contributed by atoms with van der Waals surface area (Å²) in [5.74, 6) is 0.887. The van der Waals surface area contributed by atoms with Crippen molar-refractivity contribution in [2.24, 2.45) is 5.92 Å². The van der Waals surface area contributed by atoms with Gasteiger partial charge in [0.15, 0.2) is 9.84 Å². The minimum atomic E-state index is -2.74. The van der Waals surface area contributed by atoms with Crippen LogP contribution in [-0.4, -0.2) is 43.8 Å². The predicted octanol–water partition coefficient (Wildman–Crippen LogP) is 0.132. The molecule has 0 bridgehead atoms. The second-order valence-electron chi connectivity index (χ2n) is 3.44. The van der Waals surface area contributed by atoms with Crippen molar-refractivity contribution in [1.29, 1.82) is 0 Å². The first-order valence-electron chi connectivity index (χ1n) is 4.10. The number of nitrogens with zero attached hydrogens (tertiary/aromatic N) is 1. The lowest BCUT2D eigenvalue weighted by atomic mass is 10.1. The molecule has 1 saturated heterocycles. The number of rotatable bonds is 3. The smallest absolute Gasteiger partial charge is 0.150 e. The maximum atomic E-state index is 11.0. The fraction of sp³-hybridized carbons (Fsp3) is 1.00. The van der Waals surface area contributed by atoms with E-state index in [-0.39, 0.29) is 5.92 Å². The SMILES string of the molecule is CN(O)CCC1CCS(=O)(=O)C1. The molecule has 1 atom stereocenters. The maximum absolute atomic E-state index is 11.0. The van der Waals surface area contributed by atoms with Crippen LogP contribution >= 0.6 is 0 Å². The lowest BCUT2D eigenvalue weighted by Crippen LogP contribution is -2.17. The van der Waals surface area contributed by atoms with Crippen LogP contribution in [0.3, 0.4) is 0 Å². The molecule has 1 unspecified atom stereocenters. The molecule has 1 rings (SSSR count). The molecule has 0 aromatic carbocycles. The van der Waals surface area contributed by atoms with E-state index < -0.39 is 9.84 Å². The largest absolute Gasteiger partial charge is 0.314 e. The molecule has 1 aliphatic rings. The van der Waals surface area contributed by atoms with Gasteiger partial charge in [-0.15, -0.1) is 0 Å². The lowest BCUT2D eigenvalue weighted by Gasteiger charge is -2.10. The summed E-state index contributed by atoms with van der Waals surface area (Å²) < 4.78 is 22.0. The fourth-order valence-electron chi connectivity index (χ4n) is 1.47. The first-order chi connectivity index (χ1) is 5.49. The van der Waals surface area contributed by atoms with E-state index in [9.17, 15) is 8.42 Å². The van der Waals surface area contributed by atoms with E-state index in [0.29, 0.717) is 18.1 Å². The van der Waals surface area contributed by atoms with Gasteiger partial charge in [0.1, 0.15) is 0 Å². The normalized spacial score (nSPS) is 28.1. The summed E-state index contributed by atoms with van der Waals surface area (Å²) in [6.45, 7) is 0.556. The highest BCUT2D eigenvalue weighted by molar-refractivity contribution is 7.91. The van der Waals surface area contributed by atoms with Crippen LogP contribution < -0.4 is 0 Å². The highest BCUT2D eigenvalue weighted by atomic mass is 32.2. The molecule has 12 heavy (non-hydrogen) atoms. The third-order valence-corrected chi connectivity index (χ3v) is 4.02. The highest BCUT2D eigenvalue weighted by Gasteiger charge is 2.27. The van der Waals surface area contributed by atoms with Crippen molar-refractivity contribution in [3.05, 3.63) is 0 Å². The standard InChI is InChI=1S/C7H15NO3S/c1-8(9)4-2-7-3-5-12(10,11)6-7/h7,9H,2-6H2,1H3. The first kappa shape index (κ1) is 9.95. The van der Waals surface area contributed by atoms with Gasteiger partial charge >= 0.3 is 0 Å². The van der Waals surface area contributed by atoms with Crippen molar-refractivity contribution in [2.45, 2.75) is 12.8 Å². The Kier molecular flexibility index (Phi) is 3.09. The van der Waals surface area contributed by atoms with Crippen molar-refractivity contribution < 1.29 is 13.6 Å². The summed E-state index contributed by atoms with van der Waals surface area (Å²) in [7, 11) is -1.17. The Balaban J connectivity index is 2.29. The van der Waals surface area contributed by atoms with Gasteiger partial charge in [-0.1, -0.05) is 0 Å². The van der Waals surface area contributed by atoms with Crippen molar-refractivity contribution in [2.75, 3.05) is 25.1 Å². The number of hydrogen-bond donors (Lipinski definition) is 1. The molecule has 1 fully saturated rings. The Bertz CT molecular complexity index is 235. The van der Waals surface area contributed by atoms with Gasteiger partial charge in [0.2, 0.25) is 0 Å². The Morgan fingerprint density at radius 1 is 1.58 bits per heavy atom. The molecule has 1 aliphatic heterocycles. The van der Waals surface area contributed by atoms with E-state index in [1.54, 1.807) is 7.05 Å². The van der Waals surface area contributed by atoms with E-state index in [2.05, 4.69) is 0 Å². The van der Waals surface area contributed by atoms with Crippen molar-refractivity contribution in [3.63, 3.8) is 0 Å². The van der Waals surface area contributed by atoms with E-state index in [1.807, 2.05) is 0 Å². The molecule has 1 heterocycles. The van der Waals surface area contributed by atoms with Crippen LogP contribution in [0.4, 0.5) is 0 Å². The molecule has 0 aromatic heterocycles. The van der Waals surface area contributed by atoms with E-state index in [4.69, 9.17) is 5.21 Å². The minimum absolute atomic E-state index is 0.254. The van der Waals surface area contributed by atoms with Crippen LogP contribution in [0.2, 0.25) is 0 Å². The average Bonchev–Trinajstić information content (AvgIpc) is 2.26. The lowest BCUT2D eigenvalue weighted by molar-refractivity contribution is -0.0675. The number of sulfone groups is 1. The van der Waals surface area contributed by atoms with Gasteiger partial charge < -0.3 is 5.21 Å². The zero-order valence-corrected chi connectivity index (χ0v) is 8.05. The summed E-state index contributed by atoms with van der Waals surface area (Å²) >= 11 is 0. The van der Waals surface area contributed by atoms with Gasteiger partial charge in [0.25, 0.3) is 0 Å². The molecule has 0 saturated carbocycles. The quantitative estimate of drug-likeness (QED) is 0.647. The van der Waals surface area contributed by atoms with Gasteiger partial charge in [-0.2, -0.15) is 5.06 Å². The third kappa shape index (κ3) is 3.08. The van der Waals surface area contributed by atoms with Gasteiger partial charge in [-0.3, -0.25) is 0 Å². The van der Waals surface area contributed by atoms with E-state index in [0.717, 1.165) is 17.9 Å². The molecular formula is C7H15NO3S. The topological polar surface area (TPSA) is 57.6 Å². The average molecular weight is 193 g/mol. The molecule has 4 nitrogen and oxygen atoms in total. The zero-order valence-electron chi connectivity index (χ0n) is 7.23. The van der Waals surface area contributed by atoms with Crippen molar-refractivity contribution in [1.82, 2.24) is 5.06 Å². The highest BCUT2D eigenvalue weighted by Crippen LogP contribution is 2.21. The van der Waals surface area contributed by atoms with Crippen LogP contribution in [0.1, 0.15) is 12.8 Å². The summed E-state index contributed by atoms with van der Waals surface area (Å²) in [5, 5.41) is 9.93. The molecule has 1 N–H and O–H groups in total. The molecule has 0 amide bonds. The summed E-state index contributed by atoms with van der Waals surface area (Å²) in [6.07, 6.45) is 1.53. The Morgan fingerprint density at radius 3 is 2.67 bits per heavy atom. The van der Waals surface area contributed by atoms with Gasteiger partial charge in [-0.05, 0) is 18.8 Å². The van der Waals surface area contributed by atoms with Crippen LogP contribution in [0.5, 0.6) is 0 Å². The second kappa shape index (κ2) is 3.72. The summed E-state index contributed by atoms with van der Waals surface area (Å²) in [4.78, 5) is 0. The zero-order chi connectivity index (χ0) is 9.19. The van der Waals surface area contributed by atoms with Gasteiger partial charge in [0.05, 0.1) is 11.5 Å². The van der Waals surface area contributed by atoms with E-state index >= 15 is 0 Å². The predicted molar refractivity (Wildman–Crippen MR) is 45.8 cm³/mol. The van der Waals surface area contributed by atoms with Crippen molar-refractivity contribution >= 4 is 9.84 Å². The minimum Gasteiger partial charge on any atom is -0.314 e. The van der Waals surface area contributed by atoms with Gasteiger partial charge in [-0.25, -0.2) is 8.42 Å². The number of hydrogen-bond acceptors (Lipinski definition) is 4. The Morgan fingerprint density at radius 2 is 2.25 bits per heavy atom. The molecule has 0 spiro atoms. The Labute approximate surface area is 73.1 Å². The third-order valence-electron chi connectivity index (χ3n) is 2.19. The Hall–Kier alpha value is -0.130. The molecule has 0 aliphatic carbocycles. The second-order valence-corrected chi connectivity index (χ2v) is 5.67. The molecule has 72 valence electrons. The molecule has 0 aromatic rings. The summed E-state index contributed by atoms with van der Waals surface area (Å²) in [5.41, 5.74) is 0. The van der Waals surface area contributed by atoms with Crippen LogP contribution in [-0.2, 0) is 9.84 Å². The molecular weight excluding hydrogens is 178 g/mol. The number of hydroxylamine groups is 2. The maximum Gasteiger partial charge on any atom is 0.150 e. The van der Waals surface area contributed by atoms with Crippen LogP contribution in [0.15, 0.2) is 0 Å². The monoisotopic (exact) mass is 193 g/mol. The van der Waals surface area contributed by atoms with Gasteiger partial charge in [0, 0.05) is 13.6 Å². The molecule has 0 radical (unpaired) electrons.